The molecule has 54 heavy (non-hydrogen) atoms. The first-order valence-electron chi connectivity index (χ1n) is 21.9. The minimum absolute atomic E-state index is 0.0850. The molecule has 0 aliphatic heterocycles. The Hall–Kier alpha value is -1.54. The van der Waals surface area contributed by atoms with Crippen LogP contribution in [0.5, 0.6) is 0 Å². The van der Waals surface area contributed by atoms with Crippen molar-refractivity contribution in [3.63, 3.8) is 0 Å². The molecule has 0 aromatic rings. The summed E-state index contributed by atoms with van der Waals surface area (Å²) in [6.45, 7) is 5.50. The number of phosphoric ester groups is 1. The summed E-state index contributed by atoms with van der Waals surface area (Å²) in [6, 6.07) is 0. The lowest BCUT2D eigenvalue weighted by atomic mass is 10.0. The van der Waals surface area contributed by atoms with Crippen LogP contribution in [0.25, 0.3) is 0 Å². The third kappa shape index (κ3) is 41.6. The lowest BCUT2D eigenvalue weighted by molar-refractivity contribution is -0.870. The molecule has 0 saturated heterocycles. The number of hydrogen-bond donors (Lipinski definition) is 1. The van der Waals surface area contributed by atoms with Gasteiger partial charge in [-0.25, -0.2) is 4.57 Å². The van der Waals surface area contributed by atoms with Crippen molar-refractivity contribution in [1.82, 2.24) is 0 Å². The van der Waals surface area contributed by atoms with Gasteiger partial charge in [0, 0.05) is 13.0 Å². The number of rotatable bonds is 40. The molecule has 0 aliphatic rings. The van der Waals surface area contributed by atoms with Crippen molar-refractivity contribution in [3.8, 4) is 0 Å². The summed E-state index contributed by atoms with van der Waals surface area (Å²) in [5.41, 5.74) is 0. The summed E-state index contributed by atoms with van der Waals surface area (Å²) in [7, 11) is 1.65. The van der Waals surface area contributed by atoms with E-state index in [2.05, 4.69) is 62.5 Å². The van der Waals surface area contributed by atoms with E-state index in [0.29, 0.717) is 24.1 Å². The van der Waals surface area contributed by atoms with E-state index >= 15 is 0 Å². The smallest absolute Gasteiger partial charge is 0.457 e. The van der Waals surface area contributed by atoms with Crippen molar-refractivity contribution in [3.05, 3.63) is 48.6 Å². The van der Waals surface area contributed by atoms with Gasteiger partial charge < -0.3 is 18.9 Å². The second-order valence-corrected chi connectivity index (χ2v) is 17.2. The van der Waals surface area contributed by atoms with Gasteiger partial charge in [-0.05, 0) is 51.4 Å². The minimum atomic E-state index is -4.28. The zero-order valence-electron chi connectivity index (χ0n) is 35.7. The molecule has 0 aromatic heterocycles. The molecular weight excluding hydrogens is 697 g/mol. The van der Waals surface area contributed by atoms with E-state index < -0.39 is 13.9 Å². The van der Waals surface area contributed by atoms with E-state index in [4.69, 9.17) is 18.5 Å². The van der Waals surface area contributed by atoms with Crippen LogP contribution in [-0.2, 0) is 27.9 Å². The Morgan fingerprint density at radius 3 is 1.61 bits per heavy atom. The second kappa shape index (κ2) is 38.3. The predicted octanol–water partition coefficient (Wildman–Crippen LogP) is 12.8. The Balaban J connectivity index is 4.25. The number of ether oxygens (including phenoxy) is 2. The number of phosphoric acid groups is 1. The molecule has 0 heterocycles. The van der Waals surface area contributed by atoms with Crippen LogP contribution in [0.2, 0.25) is 0 Å². The maximum atomic E-state index is 12.7. The monoisotopic (exact) mass is 783 g/mol. The van der Waals surface area contributed by atoms with E-state index in [1.165, 1.54) is 83.5 Å². The molecule has 1 N–H and O–H groups in total. The third-order valence-electron chi connectivity index (χ3n) is 9.15. The zero-order chi connectivity index (χ0) is 39.9. The van der Waals surface area contributed by atoms with Crippen LogP contribution < -0.4 is 0 Å². The average Bonchev–Trinajstić information content (AvgIpc) is 3.12. The average molecular weight is 783 g/mol. The van der Waals surface area contributed by atoms with Crippen molar-refractivity contribution in [1.29, 1.82) is 0 Å². The standard InChI is InChI=1S/C45H84NO7P/c1-6-8-10-12-14-16-18-20-21-22-23-24-25-26-28-30-32-34-36-38-45(47)53-44(43-52-54(48,49)51-41-39-46(3,4)5)42-50-40-37-35-33-31-29-27-19-17-15-13-11-9-7-2/h8,10,14,16,20-21,23-24,44H,6-7,9,11-13,15,17-19,22,25-43H2,1-5H3/p+1/b10-8-,16-14-,21-20-,24-23-. The van der Waals surface area contributed by atoms with Gasteiger partial charge in [-0.15, -0.1) is 0 Å². The summed E-state index contributed by atoms with van der Waals surface area (Å²) in [4.78, 5) is 22.9. The quantitative estimate of drug-likeness (QED) is 0.0218. The van der Waals surface area contributed by atoms with Crippen molar-refractivity contribution in [2.75, 3.05) is 54.1 Å². The van der Waals surface area contributed by atoms with Crippen LogP contribution in [0.3, 0.4) is 0 Å². The summed E-state index contributed by atoms with van der Waals surface area (Å²) in [5.74, 6) is -0.328. The number of esters is 1. The summed E-state index contributed by atoms with van der Waals surface area (Å²) in [6.07, 6.45) is 45.6. The number of likely N-dealkylation sites (N-methyl/N-ethyl adjacent to an activating group) is 1. The van der Waals surface area contributed by atoms with Crippen LogP contribution in [0.15, 0.2) is 48.6 Å². The molecule has 0 amide bonds. The maximum Gasteiger partial charge on any atom is 0.472 e. The van der Waals surface area contributed by atoms with Gasteiger partial charge in [-0.2, -0.15) is 0 Å². The van der Waals surface area contributed by atoms with Crippen LogP contribution in [0.1, 0.15) is 174 Å². The van der Waals surface area contributed by atoms with E-state index in [0.717, 1.165) is 70.6 Å². The number of carbonyl (C=O) groups excluding carboxylic acids is 1. The molecule has 0 aromatic carbocycles. The number of allylic oxidation sites excluding steroid dienone is 8. The summed E-state index contributed by atoms with van der Waals surface area (Å²) in [5, 5.41) is 0. The van der Waals surface area contributed by atoms with Crippen molar-refractivity contribution < 1.29 is 37.3 Å². The van der Waals surface area contributed by atoms with Gasteiger partial charge in [0.15, 0.2) is 0 Å². The Kier molecular flexibility index (Phi) is 37.2. The first-order chi connectivity index (χ1) is 26.1. The van der Waals surface area contributed by atoms with E-state index in [-0.39, 0.29) is 25.8 Å². The molecule has 0 radical (unpaired) electrons. The Bertz CT molecular complexity index is 1000. The highest BCUT2D eigenvalue weighted by Crippen LogP contribution is 2.43. The van der Waals surface area contributed by atoms with Gasteiger partial charge in [-0.1, -0.05) is 165 Å². The summed E-state index contributed by atoms with van der Waals surface area (Å²) < 4.78 is 35.0. The molecular formula is C45H85NO7P+. The molecule has 2 atom stereocenters. The van der Waals surface area contributed by atoms with Gasteiger partial charge in [0.25, 0.3) is 0 Å². The number of carbonyl (C=O) groups is 1. The first-order valence-corrected chi connectivity index (χ1v) is 23.4. The van der Waals surface area contributed by atoms with Crippen molar-refractivity contribution >= 4 is 13.8 Å². The number of hydrogen-bond acceptors (Lipinski definition) is 6. The minimum Gasteiger partial charge on any atom is -0.457 e. The normalized spacial score (nSPS) is 14.3. The summed E-state index contributed by atoms with van der Waals surface area (Å²) >= 11 is 0. The fourth-order valence-electron chi connectivity index (χ4n) is 5.78. The van der Waals surface area contributed by atoms with Crippen LogP contribution in [0.4, 0.5) is 0 Å². The molecule has 0 saturated carbocycles. The van der Waals surface area contributed by atoms with Gasteiger partial charge in [0.2, 0.25) is 0 Å². The van der Waals surface area contributed by atoms with E-state index in [1.807, 2.05) is 21.1 Å². The number of unbranched alkanes of at least 4 members (excludes halogenated alkanes) is 18. The fraction of sp³-hybridized carbons (Fsp3) is 0.800. The molecule has 0 fully saturated rings. The SMILES string of the molecule is CC/C=C\C/C=C\C/C=C\C/C=C\CCCCCCCCC(=O)OC(COCCCCCCCCCCCCCCC)COP(=O)(O)OCC[N+](C)(C)C. The fourth-order valence-corrected chi connectivity index (χ4v) is 6.52. The molecule has 0 aliphatic carbocycles. The lowest BCUT2D eigenvalue weighted by Gasteiger charge is -2.24. The second-order valence-electron chi connectivity index (χ2n) is 15.7. The van der Waals surface area contributed by atoms with Crippen LogP contribution in [-0.4, -0.2) is 75.6 Å². The molecule has 8 nitrogen and oxygen atoms in total. The van der Waals surface area contributed by atoms with Gasteiger partial charge >= 0.3 is 13.8 Å². The zero-order valence-corrected chi connectivity index (χ0v) is 36.6. The maximum absolute atomic E-state index is 12.7. The predicted molar refractivity (Wildman–Crippen MR) is 229 cm³/mol. The van der Waals surface area contributed by atoms with Gasteiger partial charge in [-0.3, -0.25) is 13.8 Å². The van der Waals surface area contributed by atoms with E-state index in [1.54, 1.807) is 0 Å². The number of nitrogens with zero attached hydrogens (tertiary/aromatic N) is 1. The third-order valence-corrected chi connectivity index (χ3v) is 10.1. The topological polar surface area (TPSA) is 91.3 Å². The van der Waals surface area contributed by atoms with Gasteiger partial charge in [0.05, 0.1) is 34.4 Å². The van der Waals surface area contributed by atoms with Crippen LogP contribution in [0, 0.1) is 0 Å². The molecule has 0 rings (SSSR count). The lowest BCUT2D eigenvalue weighted by Crippen LogP contribution is -2.37. The highest BCUT2D eigenvalue weighted by atomic mass is 31.2. The highest BCUT2D eigenvalue weighted by molar-refractivity contribution is 7.47. The Morgan fingerprint density at radius 2 is 1.07 bits per heavy atom. The van der Waals surface area contributed by atoms with Crippen molar-refractivity contribution in [2.45, 2.75) is 180 Å². The van der Waals surface area contributed by atoms with Crippen molar-refractivity contribution in [2.24, 2.45) is 0 Å². The molecule has 9 heteroatoms. The molecule has 2 unspecified atom stereocenters. The highest BCUT2D eigenvalue weighted by Gasteiger charge is 2.26. The Labute approximate surface area is 333 Å². The largest absolute Gasteiger partial charge is 0.472 e. The molecule has 316 valence electrons. The number of quaternary nitrogens is 1. The molecule has 0 spiro atoms. The Morgan fingerprint density at radius 1 is 0.593 bits per heavy atom. The van der Waals surface area contributed by atoms with E-state index in [9.17, 15) is 14.3 Å². The van der Waals surface area contributed by atoms with Gasteiger partial charge in [0.1, 0.15) is 19.3 Å². The van der Waals surface area contributed by atoms with Crippen LogP contribution >= 0.6 is 7.82 Å². The molecule has 0 bridgehead atoms. The first kappa shape index (κ1) is 52.5.